The first kappa shape index (κ1) is 23.6. The second-order valence-corrected chi connectivity index (χ2v) is 7.93. The summed E-state index contributed by atoms with van der Waals surface area (Å²) in [4.78, 5) is 27.3. The molecule has 1 aliphatic rings. The number of likely N-dealkylation sites (N-methyl/N-ethyl adjacent to an activating group) is 1. The Kier molecular flexibility index (Phi) is 6.78. The number of fused-ring (bicyclic) bond motifs is 1. The van der Waals surface area contributed by atoms with Gasteiger partial charge in [0, 0.05) is 24.8 Å². The van der Waals surface area contributed by atoms with Gasteiger partial charge in [0.05, 0.1) is 24.3 Å². The van der Waals surface area contributed by atoms with Crippen molar-refractivity contribution in [3.8, 4) is 11.5 Å². The summed E-state index contributed by atoms with van der Waals surface area (Å²) in [6.07, 6.45) is -4.89. The third-order valence-electron chi connectivity index (χ3n) is 5.12. The predicted octanol–water partition coefficient (Wildman–Crippen LogP) is 4.47. The molecule has 32 heavy (non-hydrogen) atoms. The van der Waals surface area contributed by atoms with E-state index in [1.54, 1.807) is 19.9 Å². The average molecular weight is 450 g/mol. The maximum absolute atomic E-state index is 13.2. The monoisotopic (exact) mass is 450 g/mol. The molecule has 0 unspecified atom stereocenters. The highest BCUT2D eigenvalue weighted by Gasteiger charge is 2.41. The van der Waals surface area contributed by atoms with Gasteiger partial charge in [-0.2, -0.15) is 13.2 Å². The smallest absolute Gasteiger partial charge is 0.455 e. The second-order valence-electron chi connectivity index (χ2n) is 7.93. The van der Waals surface area contributed by atoms with Crippen LogP contribution in [0.15, 0.2) is 30.3 Å². The molecule has 0 saturated heterocycles. The van der Waals surface area contributed by atoms with Crippen LogP contribution in [-0.2, 0) is 13.0 Å². The molecule has 1 N–H and O–H groups in total. The van der Waals surface area contributed by atoms with Crippen LogP contribution in [0.3, 0.4) is 0 Å². The fraction of sp³-hybridized carbons (Fsp3) is 0.391. The molecule has 0 bridgehead atoms. The van der Waals surface area contributed by atoms with E-state index in [-0.39, 0.29) is 17.1 Å². The number of methoxy groups -OCH3 is 1. The molecule has 6 nitrogen and oxygen atoms in total. The molecule has 1 amide bonds. The number of halogens is 3. The first-order valence-corrected chi connectivity index (χ1v) is 10.1. The van der Waals surface area contributed by atoms with Crippen molar-refractivity contribution in [3.63, 3.8) is 0 Å². The lowest BCUT2D eigenvalue weighted by atomic mass is 9.97. The van der Waals surface area contributed by atoms with Gasteiger partial charge in [0.1, 0.15) is 11.5 Å². The number of nitrogens with one attached hydrogen (secondary N) is 1. The number of nitrogens with zero attached hydrogens (tertiary/aromatic N) is 1. The minimum Gasteiger partial charge on any atom is -0.496 e. The van der Waals surface area contributed by atoms with Crippen LogP contribution in [0.1, 0.15) is 45.7 Å². The number of benzene rings is 2. The van der Waals surface area contributed by atoms with Gasteiger partial charge in [-0.3, -0.25) is 9.59 Å². The molecule has 2 aromatic carbocycles. The molecule has 2 aromatic rings. The summed E-state index contributed by atoms with van der Waals surface area (Å²) in [6, 6.07) is 7.54. The minimum absolute atomic E-state index is 0.00130. The van der Waals surface area contributed by atoms with Gasteiger partial charge in [0.15, 0.2) is 0 Å². The molecule has 0 aromatic heterocycles. The number of anilines is 1. The second kappa shape index (κ2) is 9.20. The largest absolute Gasteiger partial charge is 0.496 e. The number of ether oxygens (including phenoxy) is 2. The van der Waals surface area contributed by atoms with Crippen LogP contribution in [0.4, 0.5) is 18.9 Å². The number of carbonyl (C=O) groups is 2. The van der Waals surface area contributed by atoms with Crippen molar-refractivity contribution in [3.05, 3.63) is 52.6 Å². The zero-order valence-electron chi connectivity index (χ0n) is 18.3. The van der Waals surface area contributed by atoms with E-state index in [4.69, 9.17) is 9.47 Å². The van der Waals surface area contributed by atoms with Gasteiger partial charge in [-0.25, -0.2) is 0 Å². The minimum atomic E-state index is -5.12. The van der Waals surface area contributed by atoms with E-state index in [1.165, 1.54) is 7.11 Å². The fourth-order valence-electron chi connectivity index (χ4n) is 3.65. The third kappa shape index (κ3) is 5.04. The highest BCUT2D eigenvalue weighted by atomic mass is 19.4. The molecule has 0 spiro atoms. The van der Waals surface area contributed by atoms with Crippen LogP contribution in [0.25, 0.3) is 0 Å². The van der Waals surface area contributed by atoms with Crippen LogP contribution >= 0.6 is 0 Å². The van der Waals surface area contributed by atoms with Crippen molar-refractivity contribution in [1.82, 2.24) is 4.90 Å². The molecule has 0 radical (unpaired) electrons. The van der Waals surface area contributed by atoms with Gasteiger partial charge in [0.25, 0.3) is 11.7 Å². The summed E-state index contributed by atoms with van der Waals surface area (Å²) in [5, 5.41) is 2.77. The van der Waals surface area contributed by atoms with Gasteiger partial charge < -0.3 is 19.7 Å². The lowest BCUT2D eigenvalue weighted by Gasteiger charge is -2.27. The number of hydrogen-bond donors (Lipinski definition) is 1. The number of rotatable bonds is 6. The van der Waals surface area contributed by atoms with Gasteiger partial charge in [0.2, 0.25) is 0 Å². The quantitative estimate of drug-likeness (QED) is 0.658. The predicted molar refractivity (Wildman–Crippen MR) is 114 cm³/mol. The van der Waals surface area contributed by atoms with Crippen molar-refractivity contribution in [2.24, 2.45) is 0 Å². The third-order valence-corrected chi connectivity index (χ3v) is 5.12. The van der Waals surface area contributed by atoms with E-state index >= 15 is 0 Å². The van der Waals surface area contributed by atoms with Crippen molar-refractivity contribution in [2.45, 2.75) is 39.1 Å². The van der Waals surface area contributed by atoms with Gasteiger partial charge in [-0.15, -0.1) is 0 Å². The Morgan fingerprint density at radius 3 is 2.47 bits per heavy atom. The highest BCUT2D eigenvalue weighted by molar-refractivity contribution is 6.10. The summed E-state index contributed by atoms with van der Waals surface area (Å²) in [5.41, 5.74) is 1.69. The number of hydrogen-bond acceptors (Lipinski definition) is 5. The van der Waals surface area contributed by atoms with Gasteiger partial charge in [-0.05, 0) is 50.6 Å². The summed E-state index contributed by atoms with van der Waals surface area (Å²) in [7, 11) is 3.29. The topological polar surface area (TPSA) is 67.9 Å². The van der Waals surface area contributed by atoms with E-state index in [0.717, 1.165) is 42.8 Å². The molecular weight excluding hydrogens is 425 g/mol. The molecular formula is C23H25F3N2O4. The Balaban J connectivity index is 2.02. The molecule has 0 saturated carbocycles. The number of carbonyl (C=O) groups excluding carboxylic acids is 2. The molecule has 0 atom stereocenters. The van der Waals surface area contributed by atoms with Crippen LogP contribution in [0.5, 0.6) is 11.5 Å². The Hall–Kier alpha value is -3.07. The highest BCUT2D eigenvalue weighted by Crippen LogP contribution is 2.35. The molecule has 9 heteroatoms. The zero-order valence-corrected chi connectivity index (χ0v) is 18.3. The first-order chi connectivity index (χ1) is 15.0. The van der Waals surface area contributed by atoms with E-state index in [2.05, 4.69) is 10.2 Å². The van der Waals surface area contributed by atoms with Gasteiger partial charge >= 0.3 is 6.18 Å². The first-order valence-electron chi connectivity index (χ1n) is 10.1. The van der Waals surface area contributed by atoms with Crippen molar-refractivity contribution >= 4 is 17.4 Å². The Labute approximate surface area is 184 Å². The van der Waals surface area contributed by atoms with Crippen molar-refractivity contribution < 1.29 is 32.2 Å². The standard InChI is InChI=1S/C23H25F3N2O4/c1-13(2)32-20-11-19(31-4)17(10-16(20)21(29)23(24,25)26)22(30)27-18-7-5-6-14-12-28(3)9-8-15(14)18/h5-7,10-11,13H,8-9,12H2,1-4H3,(H,27,30). The SMILES string of the molecule is COc1cc(OC(C)C)c(C(=O)C(F)(F)F)cc1C(=O)Nc1cccc2c1CCN(C)C2. The fourth-order valence-corrected chi connectivity index (χ4v) is 3.65. The summed E-state index contributed by atoms with van der Waals surface area (Å²) in [5.74, 6) is -3.07. The number of Topliss-reactive ketones (excluding diaryl/α,β-unsaturated/α-hetero) is 1. The van der Waals surface area contributed by atoms with Gasteiger partial charge in [-0.1, -0.05) is 12.1 Å². The summed E-state index contributed by atoms with van der Waals surface area (Å²) >= 11 is 0. The van der Waals surface area contributed by atoms with E-state index < -0.39 is 29.5 Å². The van der Waals surface area contributed by atoms with Crippen LogP contribution in [0.2, 0.25) is 0 Å². The Bertz CT molecular complexity index is 1030. The molecule has 0 fully saturated rings. The van der Waals surface area contributed by atoms with Crippen LogP contribution in [0, 0.1) is 0 Å². The number of alkyl halides is 3. The maximum atomic E-state index is 13.2. The lowest BCUT2D eigenvalue weighted by molar-refractivity contribution is -0.0887. The Morgan fingerprint density at radius 1 is 1.12 bits per heavy atom. The molecule has 3 rings (SSSR count). The zero-order chi connectivity index (χ0) is 23.6. The van der Waals surface area contributed by atoms with Crippen LogP contribution in [-0.4, -0.2) is 49.6 Å². The molecule has 172 valence electrons. The molecule has 0 aliphatic carbocycles. The average Bonchev–Trinajstić information content (AvgIpc) is 2.71. The summed E-state index contributed by atoms with van der Waals surface area (Å²) < 4.78 is 50.2. The van der Waals surface area contributed by atoms with E-state index in [9.17, 15) is 22.8 Å². The Morgan fingerprint density at radius 2 is 1.84 bits per heavy atom. The number of amides is 1. The molecule has 1 aliphatic heterocycles. The van der Waals surface area contributed by atoms with E-state index in [1.807, 2.05) is 19.2 Å². The van der Waals surface area contributed by atoms with Crippen molar-refractivity contribution in [1.29, 1.82) is 0 Å². The lowest BCUT2D eigenvalue weighted by Crippen LogP contribution is -2.28. The summed E-state index contributed by atoms with van der Waals surface area (Å²) in [6.45, 7) is 4.78. The van der Waals surface area contributed by atoms with E-state index in [0.29, 0.717) is 5.69 Å². The number of ketones is 1. The normalized spacial score (nSPS) is 14.1. The maximum Gasteiger partial charge on any atom is 0.455 e. The van der Waals surface area contributed by atoms with Crippen LogP contribution < -0.4 is 14.8 Å². The van der Waals surface area contributed by atoms with Crippen molar-refractivity contribution in [2.75, 3.05) is 26.0 Å². The molecule has 1 heterocycles.